The molecule has 4 heteroatoms. The molecule has 0 fully saturated rings. The highest BCUT2D eigenvalue weighted by Gasteiger charge is 1.98. The number of fused-ring (bicyclic) bond motifs is 2. The van der Waals surface area contributed by atoms with Crippen LogP contribution in [-0.2, 0) is 0 Å². The molecule has 0 bridgehead atoms. The number of phenols is 2. The summed E-state index contributed by atoms with van der Waals surface area (Å²) in [5.41, 5.74) is 12.6. The Morgan fingerprint density at radius 2 is 0.958 bits per heavy atom. The van der Waals surface area contributed by atoms with Crippen molar-refractivity contribution in [3.63, 3.8) is 0 Å². The third-order valence-corrected chi connectivity index (χ3v) is 3.76. The number of hydrogen-bond acceptors (Lipinski definition) is 4. The van der Waals surface area contributed by atoms with Crippen LogP contribution < -0.4 is 11.5 Å². The van der Waals surface area contributed by atoms with Crippen molar-refractivity contribution in [1.82, 2.24) is 0 Å². The Balaban J connectivity index is 0.000000141. The van der Waals surface area contributed by atoms with Gasteiger partial charge < -0.3 is 21.7 Å². The number of rotatable bonds is 0. The maximum Gasteiger partial charge on any atom is 0.123 e. The molecule has 4 nitrogen and oxygen atoms in total. The minimum absolute atomic E-state index is 0.299. The summed E-state index contributed by atoms with van der Waals surface area (Å²) in [5, 5.41) is 22.5. The predicted molar refractivity (Wildman–Crippen MR) is 100 cm³/mol. The Kier molecular flexibility index (Phi) is 4.12. The maximum atomic E-state index is 9.42. The molecule has 0 heterocycles. The summed E-state index contributed by atoms with van der Waals surface area (Å²) in [5.74, 6) is 0.597. The van der Waals surface area contributed by atoms with E-state index in [1.165, 1.54) is 0 Å². The highest BCUT2D eigenvalue weighted by Crippen LogP contribution is 2.26. The second-order valence-electron chi connectivity index (χ2n) is 5.52. The lowest BCUT2D eigenvalue weighted by molar-refractivity contribution is 0.481. The third kappa shape index (κ3) is 3.17. The first-order valence-corrected chi connectivity index (χ1v) is 7.49. The monoisotopic (exact) mass is 318 g/mol. The zero-order valence-corrected chi connectivity index (χ0v) is 13.0. The van der Waals surface area contributed by atoms with Crippen LogP contribution in [0.25, 0.3) is 21.5 Å². The summed E-state index contributed by atoms with van der Waals surface area (Å²) < 4.78 is 0. The number of anilines is 2. The predicted octanol–water partition coefficient (Wildman–Crippen LogP) is 4.26. The lowest BCUT2D eigenvalue weighted by Gasteiger charge is -2.00. The second-order valence-corrected chi connectivity index (χ2v) is 5.52. The molecule has 0 aliphatic heterocycles. The molecule has 4 aromatic rings. The average Bonchev–Trinajstić information content (AvgIpc) is 2.55. The van der Waals surface area contributed by atoms with Crippen LogP contribution in [0.15, 0.2) is 72.8 Å². The van der Waals surface area contributed by atoms with E-state index in [4.69, 9.17) is 11.5 Å². The van der Waals surface area contributed by atoms with Crippen molar-refractivity contribution in [3.8, 4) is 11.5 Å². The first kappa shape index (κ1) is 15.5. The zero-order chi connectivity index (χ0) is 17.1. The van der Waals surface area contributed by atoms with Crippen LogP contribution in [0.1, 0.15) is 0 Å². The quantitative estimate of drug-likeness (QED) is 0.365. The van der Waals surface area contributed by atoms with Crippen LogP contribution >= 0.6 is 0 Å². The summed E-state index contributed by atoms with van der Waals surface area (Å²) in [6, 6.07) is 21.7. The van der Waals surface area contributed by atoms with Gasteiger partial charge in [-0.05, 0) is 59.3 Å². The largest absolute Gasteiger partial charge is 0.507 e. The van der Waals surface area contributed by atoms with Gasteiger partial charge in [0.25, 0.3) is 0 Å². The Morgan fingerprint density at radius 1 is 0.542 bits per heavy atom. The minimum atomic E-state index is 0.299. The zero-order valence-electron chi connectivity index (χ0n) is 13.0. The lowest BCUT2D eigenvalue weighted by Crippen LogP contribution is -1.83. The van der Waals surface area contributed by atoms with E-state index in [2.05, 4.69) is 0 Å². The smallest absolute Gasteiger partial charge is 0.123 e. The SMILES string of the molecule is Nc1ccc2c(O)cccc2c1.Nc1ccc2c(O)cccc2c1. The fourth-order valence-electron chi connectivity index (χ4n) is 2.57. The molecule has 120 valence electrons. The van der Waals surface area contributed by atoms with Crippen molar-refractivity contribution in [2.24, 2.45) is 0 Å². The number of phenolic OH excluding ortho intramolecular Hbond substituents is 2. The van der Waals surface area contributed by atoms with Gasteiger partial charge in [-0.15, -0.1) is 0 Å². The van der Waals surface area contributed by atoms with Crippen molar-refractivity contribution in [1.29, 1.82) is 0 Å². The van der Waals surface area contributed by atoms with Crippen molar-refractivity contribution in [2.45, 2.75) is 0 Å². The van der Waals surface area contributed by atoms with Crippen molar-refractivity contribution in [2.75, 3.05) is 11.5 Å². The Morgan fingerprint density at radius 3 is 1.38 bits per heavy atom. The van der Waals surface area contributed by atoms with Crippen LogP contribution in [-0.4, -0.2) is 10.2 Å². The summed E-state index contributed by atoms with van der Waals surface area (Å²) in [7, 11) is 0. The summed E-state index contributed by atoms with van der Waals surface area (Å²) >= 11 is 0. The van der Waals surface area contributed by atoms with Gasteiger partial charge in [0.15, 0.2) is 0 Å². The van der Waals surface area contributed by atoms with E-state index in [1.807, 2.05) is 36.4 Å². The van der Waals surface area contributed by atoms with Gasteiger partial charge in [0.1, 0.15) is 11.5 Å². The van der Waals surface area contributed by atoms with Gasteiger partial charge in [-0.2, -0.15) is 0 Å². The van der Waals surface area contributed by atoms with Gasteiger partial charge in [-0.1, -0.05) is 24.3 Å². The molecule has 0 aromatic heterocycles. The molecule has 0 aliphatic carbocycles. The summed E-state index contributed by atoms with van der Waals surface area (Å²) in [4.78, 5) is 0. The topological polar surface area (TPSA) is 92.5 Å². The molecule has 4 aromatic carbocycles. The molecular formula is C20H18N2O2. The van der Waals surface area contributed by atoms with E-state index in [0.29, 0.717) is 22.9 Å². The number of benzene rings is 4. The summed E-state index contributed by atoms with van der Waals surface area (Å²) in [6.07, 6.45) is 0. The van der Waals surface area contributed by atoms with Gasteiger partial charge in [0, 0.05) is 22.1 Å². The summed E-state index contributed by atoms with van der Waals surface area (Å²) in [6.45, 7) is 0. The highest BCUT2D eigenvalue weighted by atomic mass is 16.3. The molecule has 0 saturated carbocycles. The highest BCUT2D eigenvalue weighted by molar-refractivity contribution is 5.90. The van der Waals surface area contributed by atoms with Crippen molar-refractivity contribution in [3.05, 3.63) is 72.8 Å². The third-order valence-electron chi connectivity index (χ3n) is 3.76. The number of aromatic hydroxyl groups is 2. The van der Waals surface area contributed by atoms with E-state index in [9.17, 15) is 10.2 Å². The molecule has 0 unspecified atom stereocenters. The van der Waals surface area contributed by atoms with Crippen molar-refractivity contribution < 1.29 is 10.2 Å². The molecule has 0 amide bonds. The van der Waals surface area contributed by atoms with Gasteiger partial charge in [-0.25, -0.2) is 0 Å². The number of nitrogen functional groups attached to an aromatic ring is 2. The fourth-order valence-corrected chi connectivity index (χ4v) is 2.57. The molecule has 0 spiro atoms. The first-order chi connectivity index (χ1) is 11.5. The van der Waals surface area contributed by atoms with Crippen molar-refractivity contribution >= 4 is 32.9 Å². The van der Waals surface area contributed by atoms with Gasteiger partial charge in [0.05, 0.1) is 0 Å². The first-order valence-electron chi connectivity index (χ1n) is 7.49. The van der Waals surface area contributed by atoms with Crippen LogP contribution in [0.3, 0.4) is 0 Å². The Hall–Kier alpha value is -3.40. The Bertz CT molecular complexity index is 929. The minimum Gasteiger partial charge on any atom is -0.507 e. The molecule has 6 N–H and O–H groups in total. The van der Waals surface area contributed by atoms with Gasteiger partial charge in [-0.3, -0.25) is 0 Å². The number of hydrogen-bond donors (Lipinski definition) is 4. The molecule has 0 atom stereocenters. The van der Waals surface area contributed by atoms with Gasteiger partial charge in [0.2, 0.25) is 0 Å². The lowest BCUT2D eigenvalue weighted by atomic mass is 10.1. The second kappa shape index (κ2) is 6.38. The van der Waals surface area contributed by atoms with Crippen LogP contribution in [0.4, 0.5) is 11.4 Å². The molecule has 4 rings (SSSR count). The Labute approximate surface area is 139 Å². The van der Waals surface area contributed by atoms with E-state index >= 15 is 0 Å². The van der Waals surface area contributed by atoms with Gasteiger partial charge >= 0.3 is 0 Å². The standard InChI is InChI=1S/2C10H9NO/c2*11-8-4-5-9-7(6-8)2-1-3-10(9)12/h2*1-6,12H,11H2. The van der Waals surface area contributed by atoms with E-state index in [1.54, 1.807) is 36.4 Å². The van der Waals surface area contributed by atoms with Crippen LogP contribution in [0.5, 0.6) is 11.5 Å². The average molecular weight is 318 g/mol. The maximum absolute atomic E-state index is 9.42. The van der Waals surface area contributed by atoms with Crippen LogP contribution in [0, 0.1) is 0 Å². The van der Waals surface area contributed by atoms with E-state index in [0.717, 1.165) is 21.5 Å². The molecule has 0 saturated heterocycles. The van der Waals surface area contributed by atoms with E-state index in [-0.39, 0.29) is 0 Å². The molecule has 0 radical (unpaired) electrons. The molecule has 24 heavy (non-hydrogen) atoms. The molecular weight excluding hydrogens is 300 g/mol. The normalized spacial score (nSPS) is 10.3. The number of nitrogens with two attached hydrogens (primary N) is 2. The fraction of sp³-hybridized carbons (Fsp3) is 0. The molecule has 0 aliphatic rings. The van der Waals surface area contributed by atoms with E-state index < -0.39 is 0 Å². The van der Waals surface area contributed by atoms with Crippen LogP contribution in [0.2, 0.25) is 0 Å².